The van der Waals surface area contributed by atoms with Crippen molar-refractivity contribution in [2.24, 2.45) is 0 Å². The van der Waals surface area contributed by atoms with Crippen LogP contribution in [-0.2, 0) is 4.74 Å². The zero-order chi connectivity index (χ0) is 28.5. The monoisotopic (exact) mass is 569 g/mol. The molecule has 2 aliphatic rings. The second kappa shape index (κ2) is 11.2. The maximum atomic E-state index is 12.9. The van der Waals surface area contributed by atoms with Gasteiger partial charge in [-0.2, -0.15) is 5.10 Å². The lowest BCUT2D eigenvalue weighted by Gasteiger charge is -2.25. The van der Waals surface area contributed by atoms with Crippen molar-refractivity contribution in [2.45, 2.75) is 19.3 Å². The van der Waals surface area contributed by atoms with Crippen molar-refractivity contribution in [3.05, 3.63) is 49.1 Å². The second-order valence-corrected chi connectivity index (χ2v) is 10.3. The topological polar surface area (TPSA) is 133 Å². The summed E-state index contributed by atoms with van der Waals surface area (Å²) in [5.41, 5.74) is 4.28. The number of hydrogen-bond acceptors (Lipinski definition) is 10. The molecule has 1 amide bonds. The quantitative estimate of drug-likeness (QED) is 0.297. The first-order valence-corrected chi connectivity index (χ1v) is 14.1. The van der Waals surface area contributed by atoms with E-state index < -0.39 is 6.09 Å². The standard InChI is InChI=1S/C29H31N9O4/c1-40-26-15-22-25(41-12-7-30-22)16-24(26)38-23-14-21(19-18-33-37-10-5-6-31-28(19)37)32-17-20(23)27(35-38)34-29(39)42-13-11-36-8-3-2-4-9-36/h5-6,10,14-18,30H,2-4,7-9,11-13H2,1H3,(H,34,35,39). The average molecular weight is 570 g/mol. The Kier molecular flexibility index (Phi) is 6.92. The lowest BCUT2D eigenvalue weighted by atomic mass is 10.1. The van der Waals surface area contributed by atoms with E-state index in [1.165, 1.54) is 19.3 Å². The Morgan fingerprint density at radius 3 is 2.93 bits per heavy atom. The molecule has 0 saturated carbocycles. The first-order chi connectivity index (χ1) is 20.7. The average Bonchev–Trinajstić information content (AvgIpc) is 3.62. The van der Waals surface area contributed by atoms with Crippen LogP contribution in [0.5, 0.6) is 11.5 Å². The summed E-state index contributed by atoms with van der Waals surface area (Å²) in [4.78, 5) is 24.4. The number of aromatic nitrogens is 6. The van der Waals surface area contributed by atoms with Crippen LogP contribution in [0.4, 0.5) is 16.3 Å². The van der Waals surface area contributed by atoms with Crippen LogP contribution in [0.2, 0.25) is 0 Å². The minimum absolute atomic E-state index is 0.303. The van der Waals surface area contributed by atoms with Gasteiger partial charge in [-0.25, -0.2) is 19.0 Å². The Bertz CT molecular complexity index is 1760. The van der Waals surface area contributed by atoms with E-state index in [1.54, 1.807) is 34.9 Å². The van der Waals surface area contributed by atoms with E-state index in [0.717, 1.165) is 24.3 Å². The normalized spacial score (nSPS) is 15.2. The van der Waals surface area contributed by atoms with Crippen molar-refractivity contribution in [3.8, 4) is 28.4 Å². The molecule has 1 aromatic carbocycles. The number of hydrogen-bond donors (Lipinski definition) is 2. The molecular formula is C29H31N9O4. The van der Waals surface area contributed by atoms with Gasteiger partial charge in [0, 0.05) is 43.8 Å². The van der Waals surface area contributed by atoms with Gasteiger partial charge in [0.1, 0.15) is 30.4 Å². The van der Waals surface area contributed by atoms with Gasteiger partial charge in [0.15, 0.2) is 11.5 Å². The number of carbonyl (C=O) groups excluding carboxylic acids is 1. The Hall–Kier alpha value is -4.91. The number of pyridine rings is 1. The van der Waals surface area contributed by atoms with Gasteiger partial charge in [0.2, 0.25) is 0 Å². The highest BCUT2D eigenvalue weighted by Crippen LogP contribution is 2.39. The number of ether oxygens (including phenoxy) is 3. The molecular weight excluding hydrogens is 538 g/mol. The van der Waals surface area contributed by atoms with Gasteiger partial charge in [0.05, 0.1) is 41.2 Å². The largest absolute Gasteiger partial charge is 0.494 e. The van der Waals surface area contributed by atoms with Gasteiger partial charge in [-0.1, -0.05) is 6.42 Å². The van der Waals surface area contributed by atoms with E-state index in [4.69, 9.17) is 24.3 Å². The highest BCUT2D eigenvalue weighted by atomic mass is 16.5. The van der Waals surface area contributed by atoms with Crippen LogP contribution in [0.25, 0.3) is 33.5 Å². The van der Waals surface area contributed by atoms with E-state index in [2.05, 4.69) is 25.6 Å². The van der Waals surface area contributed by atoms with Crippen LogP contribution in [-0.4, -0.2) is 86.9 Å². The van der Waals surface area contributed by atoms with Gasteiger partial charge in [-0.15, -0.1) is 5.10 Å². The second-order valence-electron chi connectivity index (χ2n) is 10.3. The number of rotatable bonds is 7. The Labute approximate surface area is 241 Å². The molecule has 0 bridgehead atoms. The van der Waals surface area contributed by atoms with Gasteiger partial charge < -0.3 is 19.5 Å². The van der Waals surface area contributed by atoms with Crippen LogP contribution in [0.15, 0.2) is 49.1 Å². The Morgan fingerprint density at radius 1 is 1.14 bits per heavy atom. The molecule has 7 rings (SSSR count). The third-order valence-electron chi connectivity index (χ3n) is 7.61. The Morgan fingerprint density at radius 2 is 2.05 bits per heavy atom. The first kappa shape index (κ1) is 26.0. The molecule has 13 heteroatoms. The maximum absolute atomic E-state index is 12.9. The fraction of sp³-hybridized carbons (Fsp3) is 0.345. The molecule has 216 valence electrons. The van der Waals surface area contributed by atoms with E-state index >= 15 is 0 Å². The highest BCUT2D eigenvalue weighted by Gasteiger charge is 2.23. The summed E-state index contributed by atoms with van der Waals surface area (Å²) in [6, 6.07) is 7.48. The zero-order valence-electron chi connectivity index (χ0n) is 23.2. The number of likely N-dealkylation sites (tertiary alicyclic amines) is 1. The lowest BCUT2D eigenvalue weighted by molar-refractivity contribution is 0.131. The van der Waals surface area contributed by atoms with Crippen molar-refractivity contribution >= 4 is 34.1 Å². The maximum Gasteiger partial charge on any atom is 0.412 e. The summed E-state index contributed by atoms with van der Waals surface area (Å²) in [7, 11) is 1.61. The van der Waals surface area contributed by atoms with Crippen LogP contribution < -0.4 is 20.1 Å². The highest BCUT2D eigenvalue weighted by molar-refractivity contribution is 5.99. The summed E-state index contributed by atoms with van der Waals surface area (Å²) in [6.45, 7) is 4.34. The van der Waals surface area contributed by atoms with Gasteiger partial charge in [-0.05, 0) is 38.1 Å². The molecule has 2 aliphatic heterocycles. The fourth-order valence-electron chi connectivity index (χ4n) is 5.51. The smallest absolute Gasteiger partial charge is 0.412 e. The van der Waals surface area contributed by atoms with Crippen LogP contribution >= 0.6 is 0 Å². The van der Waals surface area contributed by atoms with Gasteiger partial charge in [0.25, 0.3) is 0 Å². The molecule has 6 heterocycles. The molecule has 0 unspecified atom stereocenters. The summed E-state index contributed by atoms with van der Waals surface area (Å²) < 4.78 is 20.6. The molecule has 1 saturated heterocycles. The van der Waals surface area contributed by atoms with Crippen molar-refractivity contribution in [2.75, 3.05) is 57.1 Å². The van der Waals surface area contributed by atoms with Crippen molar-refractivity contribution in [3.63, 3.8) is 0 Å². The Balaban J connectivity index is 1.26. The van der Waals surface area contributed by atoms with E-state index in [-0.39, 0.29) is 0 Å². The predicted octanol–water partition coefficient (Wildman–Crippen LogP) is 3.98. The van der Waals surface area contributed by atoms with Crippen LogP contribution in [0.3, 0.4) is 0 Å². The van der Waals surface area contributed by atoms with Crippen molar-refractivity contribution < 1.29 is 19.0 Å². The number of nitrogens with zero attached hydrogens (tertiary/aromatic N) is 7. The zero-order valence-corrected chi connectivity index (χ0v) is 23.2. The number of carbonyl (C=O) groups is 1. The van der Waals surface area contributed by atoms with Crippen LogP contribution in [0.1, 0.15) is 19.3 Å². The molecule has 13 nitrogen and oxygen atoms in total. The molecule has 0 spiro atoms. The minimum Gasteiger partial charge on any atom is -0.494 e. The van der Waals surface area contributed by atoms with E-state index in [9.17, 15) is 4.79 Å². The number of methoxy groups -OCH3 is 1. The van der Waals surface area contributed by atoms with Gasteiger partial charge in [-0.3, -0.25) is 15.2 Å². The molecule has 42 heavy (non-hydrogen) atoms. The number of amides is 1. The number of anilines is 2. The van der Waals surface area contributed by atoms with Crippen molar-refractivity contribution in [1.82, 2.24) is 34.3 Å². The predicted molar refractivity (Wildman–Crippen MR) is 157 cm³/mol. The molecule has 0 aliphatic carbocycles. The summed E-state index contributed by atoms with van der Waals surface area (Å²) >= 11 is 0. The summed E-state index contributed by atoms with van der Waals surface area (Å²) in [5, 5.41) is 16.0. The third-order valence-corrected chi connectivity index (χ3v) is 7.61. The molecule has 0 atom stereocenters. The van der Waals surface area contributed by atoms with E-state index in [0.29, 0.717) is 71.6 Å². The number of fused-ring (bicyclic) bond motifs is 3. The molecule has 1 fully saturated rings. The molecule has 4 aromatic heterocycles. The van der Waals surface area contributed by atoms with Crippen molar-refractivity contribution in [1.29, 1.82) is 0 Å². The summed E-state index contributed by atoms with van der Waals surface area (Å²) in [5.74, 6) is 1.60. The minimum atomic E-state index is -0.570. The fourth-order valence-corrected chi connectivity index (χ4v) is 5.51. The number of nitrogens with one attached hydrogen (secondary N) is 2. The summed E-state index contributed by atoms with van der Waals surface area (Å²) in [6.07, 6.45) is 10.0. The third kappa shape index (κ3) is 4.91. The number of benzene rings is 1. The SMILES string of the molecule is COc1cc2c(cc1-n1nc(NC(=O)OCCN3CCCCC3)c3cnc(-c4cnn5cccnc45)cc31)OCCN2. The molecule has 0 radical (unpaired) electrons. The van der Waals surface area contributed by atoms with Gasteiger partial charge >= 0.3 is 6.09 Å². The lowest BCUT2D eigenvalue weighted by Crippen LogP contribution is -2.33. The first-order valence-electron chi connectivity index (χ1n) is 14.1. The van der Waals surface area contributed by atoms with Crippen LogP contribution in [0, 0.1) is 0 Å². The molecule has 5 aromatic rings. The molecule has 2 N–H and O–H groups in total. The number of piperidine rings is 1. The van der Waals surface area contributed by atoms with E-state index in [1.807, 2.05) is 30.5 Å².